The van der Waals surface area contributed by atoms with Crippen molar-refractivity contribution in [3.8, 4) is 5.75 Å². The molecule has 1 nitrogen and oxygen atoms in total. The Bertz CT molecular complexity index is 577. The smallest absolute Gasteiger partial charge is 0.122 e. The monoisotopic (exact) mass is 302 g/mol. The molecule has 1 aliphatic heterocycles. The molecule has 1 aliphatic rings. The second-order valence-corrected chi connectivity index (χ2v) is 5.60. The summed E-state index contributed by atoms with van der Waals surface area (Å²) < 4.78 is 5.55. The summed E-state index contributed by atoms with van der Waals surface area (Å²) in [7, 11) is 0. The number of hydrogen-bond acceptors (Lipinski definition) is 1. The zero-order valence-corrected chi connectivity index (χ0v) is 11.9. The lowest BCUT2D eigenvalue weighted by molar-refractivity contribution is 0.357. The van der Waals surface area contributed by atoms with Crippen molar-refractivity contribution in [3.63, 3.8) is 0 Å². The number of hydrogen-bond donors (Lipinski definition) is 0. The standard InChI is InChI=1S/C16H15BrO/c1-11-4-2-3-5-14(11)16(17)13-6-7-15-12(10-13)8-9-18-15/h2-7,10,16H,8-9H2,1H3. The van der Waals surface area contributed by atoms with E-state index in [0.29, 0.717) is 0 Å². The maximum Gasteiger partial charge on any atom is 0.122 e. The molecule has 0 saturated carbocycles. The maximum atomic E-state index is 5.55. The van der Waals surface area contributed by atoms with Crippen molar-refractivity contribution in [3.05, 3.63) is 64.7 Å². The van der Waals surface area contributed by atoms with E-state index in [1.54, 1.807) is 0 Å². The molecule has 0 amide bonds. The summed E-state index contributed by atoms with van der Waals surface area (Å²) in [6.45, 7) is 2.97. The molecule has 1 heterocycles. The molecule has 0 aromatic heterocycles. The van der Waals surface area contributed by atoms with Crippen LogP contribution >= 0.6 is 15.9 Å². The van der Waals surface area contributed by atoms with Crippen LogP contribution in [0.1, 0.15) is 27.1 Å². The van der Waals surface area contributed by atoms with E-state index >= 15 is 0 Å². The van der Waals surface area contributed by atoms with Gasteiger partial charge in [-0.1, -0.05) is 52.3 Å². The molecule has 92 valence electrons. The van der Waals surface area contributed by atoms with Gasteiger partial charge in [0.05, 0.1) is 11.4 Å². The van der Waals surface area contributed by atoms with E-state index in [-0.39, 0.29) is 4.83 Å². The first-order valence-electron chi connectivity index (χ1n) is 6.21. The number of fused-ring (bicyclic) bond motifs is 1. The summed E-state index contributed by atoms with van der Waals surface area (Å²) >= 11 is 3.81. The van der Waals surface area contributed by atoms with E-state index in [4.69, 9.17) is 4.74 Å². The fraction of sp³-hybridized carbons (Fsp3) is 0.250. The van der Waals surface area contributed by atoms with Gasteiger partial charge >= 0.3 is 0 Å². The lowest BCUT2D eigenvalue weighted by Crippen LogP contribution is -1.96. The van der Waals surface area contributed by atoms with E-state index in [9.17, 15) is 0 Å². The van der Waals surface area contributed by atoms with Gasteiger partial charge < -0.3 is 4.74 Å². The number of rotatable bonds is 2. The predicted octanol–water partition coefficient (Wildman–Crippen LogP) is 4.41. The Hall–Kier alpha value is -1.28. The van der Waals surface area contributed by atoms with Gasteiger partial charge in [-0.05, 0) is 35.2 Å². The van der Waals surface area contributed by atoms with Gasteiger partial charge in [-0.15, -0.1) is 0 Å². The van der Waals surface area contributed by atoms with Crippen molar-refractivity contribution in [2.75, 3.05) is 6.61 Å². The van der Waals surface area contributed by atoms with Crippen LogP contribution in [0.4, 0.5) is 0 Å². The summed E-state index contributed by atoms with van der Waals surface area (Å²) in [5, 5.41) is 0. The molecular formula is C16H15BrO. The average Bonchev–Trinajstić information content (AvgIpc) is 2.85. The number of aryl methyl sites for hydroxylation is 1. The van der Waals surface area contributed by atoms with E-state index in [1.165, 1.54) is 22.3 Å². The molecule has 1 unspecified atom stereocenters. The zero-order chi connectivity index (χ0) is 12.5. The summed E-state index contributed by atoms with van der Waals surface area (Å²) in [4.78, 5) is 0.254. The van der Waals surface area contributed by atoms with Gasteiger partial charge in [-0.3, -0.25) is 0 Å². The zero-order valence-electron chi connectivity index (χ0n) is 10.3. The molecule has 0 spiro atoms. The van der Waals surface area contributed by atoms with Gasteiger partial charge in [-0.2, -0.15) is 0 Å². The van der Waals surface area contributed by atoms with Crippen LogP contribution in [-0.4, -0.2) is 6.61 Å². The highest BCUT2D eigenvalue weighted by molar-refractivity contribution is 9.09. The Labute approximate surface area is 116 Å². The number of halogens is 1. The quantitative estimate of drug-likeness (QED) is 0.747. The van der Waals surface area contributed by atoms with Crippen molar-refractivity contribution >= 4 is 15.9 Å². The average molecular weight is 303 g/mol. The third kappa shape index (κ3) is 2.05. The third-order valence-corrected chi connectivity index (χ3v) is 4.49. The molecule has 0 fully saturated rings. The molecule has 2 aromatic carbocycles. The van der Waals surface area contributed by atoms with Crippen molar-refractivity contribution in [2.24, 2.45) is 0 Å². The van der Waals surface area contributed by atoms with Crippen LogP contribution in [0, 0.1) is 6.92 Å². The number of ether oxygens (including phenoxy) is 1. The minimum Gasteiger partial charge on any atom is -0.493 e. The van der Waals surface area contributed by atoms with Crippen molar-refractivity contribution in [1.29, 1.82) is 0 Å². The van der Waals surface area contributed by atoms with Crippen molar-refractivity contribution in [1.82, 2.24) is 0 Å². The minimum absolute atomic E-state index is 0.254. The molecule has 0 aliphatic carbocycles. The van der Waals surface area contributed by atoms with Crippen LogP contribution < -0.4 is 4.74 Å². The SMILES string of the molecule is Cc1ccccc1C(Br)c1ccc2c(c1)CCO2. The predicted molar refractivity (Wildman–Crippen MR) is 77.6 cm³/mol. The highest BCUT2D eigenvalue weighted by atomic mass is 79.9. The summed E-state index contributed by atoms with van der Waals surface area (Å²) in [5.74, 6) is 1.04. The van der Waals surface area contributed by atoms with Crippen LogP contribution in [0.3, 0.4) is 0 Å². The fourth-order valence-corrected chi connectivity index (χ4v) is 3.21. The van der Waals surface area contributed by atoms with Crippen LogP contribution in [0.5, 0.6) is 5.75 Å². The molecule has 0 saturated heterocycles. The molecule has 3 rings (SSSR count). The summed E-state index contributed by atoms with van der Waals surface area (Å²) in [6, 6.07) is 15.0. The minimum atomic E-state index is 0.254. The largest absolute Gasteiger partial charge is 0.493 e. The topological polar surface area (TPSA) is 9.23 Å². The summed E-state index contributed by atoms with van der Waals surface area (Å²) in [6.07, 6.45) is 1.02. The van der Waals surface area contributed by atoms with Gasteiger partial charge in [0.1, 0.15) is 5.75 Å². The van der Waals surface area contributed by atoms with Gasteiger partial charge in [0.15, 0.2) is 0 Å². The molecule has 1 atom stereocenters. The molecular weight excluding hydrogens is 288 g/mol. The molecule has 2 heteroatoms. The Morgan fingerprint density at radius 2 is 2.00 bits per heavy atom. The Balaban J connectivity index is 1.98. The first kappa shape index (κ1) is 11.8. The summed E-state index contributed by atoms with van der Waals surface area (Å²) in [5.41, 5.74) is 5.27. The molecule has 18 heavy (non-hydrogen) atoms. The van der Waals surface area contributed by atoms with Gasteiger partial charge in [0, 0.05) is 6.42 Å². The fourth-order valence-electron chi connectivity index (χ4n) is 2.41. The van der Waals surface area contributed by atoms with Gasteiger partial charge in [-0.25, -0.2) is 0 Å². The number of alkyl halides is 1. The first-order valence-corrected chi connectivity index (χ1v) is 7.12. The molecule has 0 radical (unpaired) electrons. The van der Waals surface area contributed by atoms with E-state index in [2.05, 4.69) is 65.3 Å². The van der Waals surface area contributed by atoms with Crippen LogP contribution in [0.25, 0.3) is 0 Å². The maximum absolute atomic E-state index is 5.55. The highest BCUT2D eigenvalue weighted by Gasteiger charge is 2.17. The molecule has 0 bridgehead atoms. The normalized spacial score (nSPS) is 15.0. The molecule has 2 aromatic rings. The second kappa shape index (κ2) is 4.77. The first-order chi connectivity index (χ1) is 8.75. The van der Waals surface area contributed by atoms with Crippen molar-refractivity contribution in [2.45, 2.75) is 18.2 Å². The Kier molecular flexibility index (Phi) is 3.13. The lowest BCUT2D eigenvalue weighted by atomic mass is 9.98. The third-order valence-electron chi connectivity index (χ3n) is 3.47. The molecule has 0 N–H and O–H groups in total. The highest BCUT2D eigenvalue weighted by Crippen LogP contribution is 2.36. The van der Waals surface area contributed by atoms with Crippen molar-refractivity contribution < 1.29 is 4.74 Å². The Morgan fingerprint density at radius 1 is 1.17 bits per heavy atom. The lowest BCUT2D eigenvalue weighted by Gasteiger charge is -2.14. The van der Waals surface area contributed by atoms with Crippen LogP contribution in [-0.2, 0) is 6.42 Å². The van der Waals surface area contributed by atoms with E-state index in [1.807, 2.05) is 0 Å². The number of benzene rings is 2. The Morgan fingerprint density at radius 3 is 2.83 bits per heavy atom. The van der Waals surface area contributed by atoms with E-state index in [0.717, 1.165) is 18.8 Å². The van der Waals surface area contributed by atoms with Gasteiger partial charge in [0.2, 0.25) is 0 Å². The van der Waals surface area contributed by atoms with Crippen LogP contribution in [0.15, 0.2) is 42.5 Å². The second-order valence-electron chi connectivity index (χ2n) is 4.68. The van der Waals surface area contributed by atoms with Gasteiger partial charge in [0.25, 0.3) is 0 Å². The van der Waals surface area contributed by atoms with Crippen LogP contribution in [0.2, 0.25) is 0 Å². The van der Waals surface area contributed by atoms with E-state index < -0.39 is 0 Å².